The van der Waals surface area contributed by atoms with E-state index in [-0.39, 0.29) is 5.92 Å². The summed E-state index contributed by atoms with van der Waals surface area (Å²) in [6.07, 6.45) is 0. The molecule has 0 aliphatic carbocycles. The Labute approximate surface area is 141 Å². The highest BCUT2D eigenvalue weighted by molar-refractivity contribution is 7.72. The van der Waals surface area contributed by atoms with E-state index in [4.69, 9.17) is 23.2 Å². The first kappa shape index (κ1) is 15.8. The summed E-state index contributed by atoms with van der Waals surface area (Å²) in [7, 11) is -0.504. The first-order chi connectivity index (χ1) is 10.5. The summed E-state index contributed by atoms with van der Waals surface area (Å²) in [6.45, 7) is 1.62. The van der Waals surface area contributed by atoms with Crippen LogP contribution in [0.15, 0.2) is 41.3 Å². The number of fused-ring (bicyclic) bond motifs is 1. The Morgan fingerprint density at radius 1 is 1.14 bits per heavy atom. The molecule has 1 heterocycles. The van der Waals surface area contributed by atoms with Crippen LogP contribution in [0.25, 0.3) is 0 Å². The lowest BCUT2D eigenvalue weighted by Gasteiger charge is -2.33. The lowest BCUT2D eigenvalue weighted by atomic mass is 9.85. The first-order valence-electron chi connectivity index (χ1n) is 6.86. The van der Waals surface area contributed by atoms with E-state index in [2.05, 4.69) is 4.90 Å². The Morgan fingerprint density at radius 2 is 1.82 bits per heavy atom. The van der Waals surface area contributed by atoms with E-state index in [1.807, 2.05) is 25.2 Å². The number of rotatable bonds is 2. The second-order valence-electron chi connectivity index (χ2n) is 5.55. The monoisotopic (exact) mass is 355 g/mol. The van der Waals surface area contributed by atoms with Crippen molar-refractivity contribution in [1.29, 1.82) is 0 Å². The quantitative estimate of drug-likeness (QED) is 0.837. The summed E-state index contributed by atoms with van der Waals surface area (Å²) in [5.41, 5.74) is 3.27. The molecule has 1 atom stereocenters. The first-order valence-corrected chi connectivity index (χ1v) is 8.80. The van der Waals surface area contributed by atoms with Crippen LogP contribution >= 0.6 is 23.2 Å². The zero-order chi connectivity index (χ0) is 15.9. The van der Waals surface area contributed by atoms with Crippen molar-refractivity contribution < 1.29 is 8.42 Å². The van der Waals surface area contributed by atoms with Crippen molar-refractivity contribution in [2.45, 2.75) is 17.4 Å². The van der Waals surface area contributed by atoms with Gasteiger partial charge in [-0.3, -0.25) is 0 Å². The molecule has 0 bridgehead atoms. The van der Waals surface area contributed by atoms with E-state index in [9.17, 15) is 8.42 Å². The molecule has 22 heavy (non-hydrogen) atoms. The maximum absolute atomic E-state index is 11.0. The van der Waals surface area contributed by atoms with E-state index >= 15 is 0 Å². The molecule has 1 unspecified atom stereocenters. The van der Waals surface area contributed by atoms with Gasteiger partial charge in [-0.1, -0.05) is 35.3 Å². The van der Waals surface area contributed by atoms with E-state index in [0.717, 1.165) is 29.8 Å². The summed E-state index contributed by atoms with van der Waals surface area (Å²) in [4.78, 5) is 2.53. The molecule has 0 aromatic heterocycles. The summed E-state index contributed by atoms with van der Waals surface area (Å²) >= 11 is 12.5. The van der Waals surface area contributed by atoms with Crippen molar-refractivity contribution in [3.05, 3.63) is 63.1 Å². The zero-order valence-electron chi connectivity index (χ0n) is 11.9. The van der Waals surface area contributed by atoms with Crippen molar-refractivity contribution in [2.24, 2.45) is 0 Å². The van der Waals surface area contributed by atoms with Gasteiger partial charge in [-0.25, -0.2) is 8.42 Å². The SMILES string of the molecule is CN1Cc2c(Cl)cc(Cl)cc2C(c2ccc([SH](=O)=O)cc2)C1. The van der Waals surface area contributed by atoms with Crippen molar-refractivity contribution in [2.75, 3.05) is 13.6 Å². The molecule has 1 aliphatic heterocycles. The number of likely N-dealkylation sites (N-methyl/N-ethyl adjacent to an activating group) is 1. The fraction of sp³-hybridized carbons (Fsp3) is 0.250. The summed E-state index contributed by atoms with van der Waals surface area (Å²) in [6, 6.07) is 10.7. The molecule has 0 fully saturated rings. The van der Waals surface area contributed by atoms with Crippen molar-refractivity contribution in [3.63, 3.8) is 0 Å². The standard InChI is InChI=1S/C16H15Cl2NO2S/c1-19-8-14(10-2-4-12(5-3-10)22(20)21)13-6-11(17)7-16(18)15(13)9-19/h2-7,14,22H,8-9H2,1H3. The molecular weight excluding hydrogens is 341 g/mol. The second-order valence-corrected chi connectivity index (χ2v) is 7.43. The number of nitrogens with zero attached hydrogens (tertiary/aromatic N) is 1. The van der Waals surface area contributed by atoms with Crippen LogP contribution in [0.5, 0.6) is 0 Å². The molecule has 0 amide bonds. The lowest BCUT2D eigenvalue weighted by Crippen LogP contribution is -2.31. The predicted molar refractivity (Wildman–Crippen MR) is 89.7 cm³/mol. The van der Waals surface area contributed by atoms with Gasteiger partial charge < -0.3 is 4.90 Å². The smallest absolute Gasteiger partial charge is 0.168 e. The number of hydrogen-bond acceptors (Lipinski definition) is 3. The van der Waals surface area contributed by atoms with Gasteiger partial charge in [-0.2, -0.15) is 0 Å². The van der Waals surface area contributed by atoms with Crippen LogP contribution in [0, 0.1) is 0 Å². The Hall–Kier alpha value is -1.07. The predicted octanol–water partition coefficient (Wildman–Crippen LogP) is 3.54. The van der Waals surface area contributed by atoms with Crippen molar-refractivity contribution in [3.8, 4) is 0 Å². The van der Waals surface area contributed by atoms with Crippen LogP contribution in [-0.2, 0) is 17.2 Å². The van der Waals surface area contributed by atoms with Crippen LogP contribution in [0.2, 0.25) is 10.0 Å². The minimum absolute atomic E-state index is 0.128. The number of hydrogen-bond donors (Lipinski definition) is 1. The van der Waals surface area contributed by atoms with Gasteiger partial charge in [0.2, 0.25) is 0 Å². The molecule has 0 radical (unpaired) electrons. The molecule has 0 saturated carbocycles. The largest absolute Gasteiger partial charge is 0.301 e. The van der Waals surface area contributed by atoms with Gasteiger partial charge in [-0.15, -0.1) is 0 Å². The normalized spacial score (nSPS) is 18.5. The summed E-state index contributed by atoms with van der Waals surface area (Å²) in [5, 5.41) is 1.30. The third-order valence-corrected chi connectivity index (χ3v) is 5.27. The molecule has 0 N–H and O–H groups in total. The highest BCUT2D eigenvalue weighted by Gasteiger charge is 2.26. The number of thiol groups is 1. The van der Waals surface area contributed by atoms with Crippen LogP contribution in [-0.4, -0.2) is 26.9 Å². The molecule has 116 valence electrons. The second kappa shape index (κ2) is 6.20. The topological polar surface area (TPSA) is 37.4 Å². The average molecular weight is 356 g/mol. The van der Waals surface area contributed by atoms with Gasteiger partial charge in [0.15, 0.2) is 10.7 Å². The van der Waals surface area contributed by atoms with E-state index in [1.165, 1.54) is 0 Å². The lowest BCUT2D eigenvalue weighted by molar-refractivity contribution is 0.295. The van der Waals surface area contributed by atoms with Crippen LogP contribution in [0.4, 0.5) is 0 Å². The van der Waals surface area contributed by atoms with Gasteiger partial charge in [0.1, 0.15) is 0 Å². The maximum Gasteiger partial charge on any atom is 0.168 e. The molecule has 6 heteroatoms. The Morgan fingerprint density at radius 3 is 2.45 bits per heavy atom. The molecule has 0 spiro atoms. The molecule has 2 aromatic rings. The fourth-order valence-electron chi connectivity index (χ4n) is 2.96. The average Bonchev–Trinajstić information content (AvgIpc) is 2.47. The molecule has 1 aliphatic rings. The molecule has 2 aromatic carbocycles. The summed E-state index contributed by atoms with van der Waals surface area (Å²) in [5.74, 6) is 0.128. The van der Waals surface area contributed by atoms with Crippen LogP contribution in [0.1, 0.15) is 22.6 Å². The Bertz CT molecular complexity index is 779. The Kier molecular flexibility index (Phi) is 4.46. The van der Waals surface area contributed by atoms with Gasteiger partial charge >= 0.3 is 0 Å². The van der Waals surface area contributed by atoms with Crippen molar-refractivity contribution >= 4 is 33.9 Å². The molecule has 3 rings (SSSR count). The zero-order valence-corrected chi connectivity index (χ0v) is 14.3. The highest BCUT2D eigenvalue weighted by atomic mass is 35.5. The molecule has 0 saturated heterocycles. The molecular formula is C16H15Cl2NO2S. The van der Waals surface area contributed by atoms with Gasteiger partial charge in [0.05, 0.1) is 4.90 Å². The minimum atomic E-state index is -2.55. The van der Waals surface area contributed by atoms with Crippen LogP contribution < -0.4 is 0 Å². The maximum atomic E-state index is 11.0. The van der Waals surface area contributed by atoms with Gasteiger partial charge in [0, 0.05) is 29.1 Å². The summed E-state index contributed by atoms with van der Waals surface area (Å²) < 4.78 is 22.0. The highest BCUT2D eigenvalue weighted by Crippen LogP contribution is 2.38. The minimum Gasteiger partial charge on any atom is -0.301 e. The number of halogens is 2. The third-order valence-electron chi connectivity index (χ3n) is 4.00. The Balaban J connectivity index is 2.08. The fourth-order valence-corrected chi connectivity index (χ4v) is 3.92. The van der Waals surface area contributed by atoms with Gasteiger partial charge in [0.25, 0.3) is 0 Å². The van der Waals surface area contributed by atoms with E-state index < -0.39 is 10.7 Å². The van der Waals surface area contributed by atoms with Crippen LogP contribution in [0.3, 0.4) is 0 Å². The third kappa shape index (κ3) is 3.01. The van der Waals surface area contributed by atoms with Gasteiger partial charge in [-0.05, 0) is 48.0 Å². The van der Waals surface area contributed by atoms with Crippen molar-refractivity contribution in [1.82, 2.24) is 4.90 Å². The van der Waals surface area contributed by atoms with E-state index in [1.54, 1.807) is 18.2 Å². The van der Waals surface area contributed by atoms with E-state index in [0.29, 0.717) is 14.9 Å². The molecule has 3 nitrogen and oxygen atoms in total. The number of benzene rings is 2.